The van der Waals surface area contributed by atoms with Crippen LogP contribution < -0.4 is 5.32 Å². The minimum Gasteiger partial charge on any atom is -0.355 e. The van der Waals surface area contributed by atoms with Gasteiger partial charge in [0.1, 0.15) is 0 Å². The molecule has 0 aliphatic rings. The summed E-state index contributed by atoms with van der Waals surface area (Å²) in [5.74, 6) is -0.103. The second-order valence-electron chi connectivity index (χ2n) is 5.72. The van der Waals surface area contributed by atoms with E-state index in [1.165, 1.54) is 0 Å². The lowest BCUT2D eigenvalue weighted by atomic mass is 9.99. The molecule has 2 aromatic carbocycles. The second-order valence-corrected chi connectivity index (χ2v) is 6.58. The van der Waals surface area contributed by atoms with Gasteiger partial charge in [0.15, 0.2) is 16.6 Å². The highest BCUT2D eigenvalue weighted by Crippen LogP contribution is 2.32. The third-order valence-corrected chi connectivity index (χ3v) is 4.59. The number of nitrogens with one attached hydrogen (secondary N) is 1. The molecule has 134 valence electrons. The van der Waals surface area contributed by atoms with Gasteiger partial charge >= 0.3 is 6.18 Å². The Morgan fingerprint density at radius 2 is 1.77 bits per heavy atom. The van der Waals surface area contributed by atoms with Gasteiger partial charge in [0.2, 0.25) is 0 Å². The van der Waals surface area contributed by atoms with E-state index in [1.54, 1.807) is 49.4 Å². The molecule has 0 radical (unpaired) electrons. The number of benzene rings is 2. The Morgan fingerprint density at radius 3 is 2.42 bits per heavy atom. The van der Waals surface area contributed by atoms with Crippen LogP contribution in [0.1, 0.15) is 40.1 Å². The van der Waals surface area contributed by atoms with Crippen LogP contribution in [0.4, 0.5) is 18.3 Å². The lowest BCUT2D eigenvalue weighted by Crippen LogP contribution is -2.10. The predicted molar refractivity (Wildman–Crippen MR) is 95.5 cm³/mol. The molecule has 26 heavy (non-hydrogen) atoms. The smallest absolute Gasteiger partial charge is 0.355 e. The Balaban J connectivity index is 1.77. The van der Waals surface area contributed by atoms with Crippen molar-refractivity contribution < 1.29 is 18.0 Å². The fourth-order valence-electron chi connectivity index (χ4n) is 2.44. The minimum atomic E-state index is -4.46. The molecule has 1 atom stereocenters. The summed E-state index contributed by atoms with van der Waals surface area (Å²) in [4.78, 5) is 16.1. The number of halogens is 3. The summed E-state index contributed by atoms with van der Waals surface area (Å²) in [6.07, 6.45) is -4.46. The first-order chi connectivity index (χ1) is 12.3. The van der Waals surface area contributed by atoms with Gasteiger partial charge in [0.25, 0.3) is 0 Å². The number of nitrogens with zero attached hydrogens (tertiary/aromatic N) is 1. The van der Waals surface area contributed by atoms with E-state index < -0.39 is 11.9 Å². The van der Waals surface area contributed by atoms with Gasteiger partial charge in [0, 0.05) is 16.5 Å². The predicted octanol–water partition coefficient (Wildman–Crippen LogP) is 5.57. The summed E-state index contributed by atoms with van der Waals surface area (Å²) in [5, 5.41) is 4.11. The van der Waals surface area contributed by atoms with Crippen LogP contribution in [0.2, 0.25) is 0 Å². The largest absolute Gasteiger partial charge is 0.434 e. The van der Waals surface area contributed by atoms with Crippen LogP contribution in [0.25, 0.3) is 0 Å². The summed E-state index contributed by atoms with van der Waals surface area (Å²) in [7, 11) is 0. The van der Waals surface area contributed by atoms with Crippen LogP contribution in [0.15, 0.2) is 60.0 Å². The van der Waals surface area contributed by atoms with Gasteiger partial charge in [-0.15, -0.1) is 11.3 Å². The number of alkyl halides is 3. The van der Waals surface area contributed by atoms with Crippen LogP contribution in [-0.2, 0) is 6.18 Å². The molecule has 1 N–H and O–H groups in total. The van der Waals surface area contributed by atoms with Crippen LogP contribution >= 0.6 is 11.3 Å². The molecule has 0 aliphatic heterocycles. The van der Waals surface area contributed by atoms with Crippen molar-refractivity contribution in [3.63, 3.8) is 0 Å². The fourth-order valence-corrected chi connectivity index (χ4v) is 3.25. The summed E-state index contributed by atoms with van der Waals surface area (Å²) in [6.45, 7) is 1.81. The maximum Gasteiger partial charge on any atom is 0.434 e. The molecule has 0 amide bonds. The highest BCUT2D eigenvalue weighted by atomic mass is 32.1. The molecule has 3 rings (SSSR count). The van der Waals surface area contributed by atoms with E-state index in [0.717, 1.165) is 22.3 Å². The molecule has 0 saturated carbocycles. The first kappa shape index (κ1) is 18.1. The summed E-state index contributed by atoms with van der Waals surface area (Å²) in [5.41, 5.74) is 0.984. The van der Waals surface area contributed by atoms with E-state index in [1.807, 2.05) is 12.1 Å². The van der Waals surface area contributed by atoms with E-state index in [9.17, 15) is 18.0 Å². The molecule has 0 aliphatic carbocycles. The molecule has 0 spiro atoms. The van der Waals surface area contributed by atoms with Crippen LogP contribution in [0.3, 0.4) is 0 Å². The summed E-state index contributed by atoms with van der Waals surface area (Å²) < 4.78 is 37.9. The summed E-state index contributed by atoms with van der Waals surface area (Å²) in [6, 6.07) is 15.6. The van der Waals surface area contributed by atoms with Crippen molar-refractivity contribution in [1.29, 1.82) is 0 Å². The molecular formula is C19H15F3N2OS. The number of ketones is 1. The Hall–Kier alpha value is -2.67. The Kier molecular flexibility index (Phi) is 5.08. The maximum absolute atomic E-state index is 12.6. The SMILES string of the molecule is CC(Nc1nc(C(F)(F)F)cs1)c1cccc(C(=O)c2ccccc2)c1. The third-order valence-electron chi connectivity index (χ3n) is 3.82. The zero-order valence-corrected chi connectivity index (χ0v) is 14.6. The number of anilines is 1. The molecule has 1 heterocycles. The van der Waals surface area contributed by atoms with E-state index in [4.69, 9.17) is 0 Å². The zero-order chi connectivity index (χ0) is 18.7. The number of carbonyl (C=O) groups excluding carboxylic acids is 1. The molecule has 0 fully saturated rings. The van der Waals surface area contributed by atoms with E-state index >= 15 is 0 Å². The quantitative estimate of drug-likeness (QED) is 0.592. The zero-order valence-electron chi connectivity index (χ0n) is 13.7. The highest BCUT2D eigenvalue weighted by Gasteiger charge is 2.33. The van der Waals surface area contributed by atoms with E-state index in [2.05, 4.69) is 10.3 Å². The number of carbonyl (C=O) groups is 1. The number of thiazole rings is 1. The average Bonchev–Trinajstić information content (AvgIpc) is 3.11. The standard InChI is InChI=1S/C19H15F3N2OS/c1-12(23-18-24-16(11-26-18)19(20,21)22)14-8-5-9-15(10-14)17(25)13-6-3-2-4-7-13/h2-12H,1H3,(H,23,24). The van der Waals surface area contributed by atoms with E-state index in [-0.39, 0.29) is 17.0 Å². The average molecular weight is 376 g/mol. The summed E-state index contributed by atoms with van der Waals surface area (Å²) >= 11 is 0.898. The van der Waals surface area contributed by atoms with Crippen molar-refractivity contribution in [1.82, 2.24) is 4.98 Å². The number of rotatable bonds is 5. The second kappa shape index (κ2) is 7.29. The van der Waals surface area contributed by atoms with Gasteiger partial charge in [0.05, 0.1) is 6.04 Å². The van der Waals surface area contributed by atoms with E-state index in [0.29, 0.717) is 11.1 Å². The molecular weight excluding hydrogens is 361 g/mol. The van der Waals surface area contributed by atoms with Gasteiger partial charge in [-0.3, -0.25) is 4.79 Å². The third kappa shape index (κ3) is 4.11. The number of hydrogen-bond donors (Lipinski definition) is 1. The monoisotopic (exact) mass is 376 g/mol. The molecule has 0 bridgehead atoms. The molecule has 3 nitrogen and oxygen atoms in total. The van der Waals surface area contributed by atoms with Crippen molar-refractivity contribution >= 4 is 22.3 Å². The normalized spacial score (nSPS) is 12.6. The first-order valence-electron chi connectivity index (χ1n) is 7.83. The molecule has 1 aromatic heterocycles. The Bertz CT molecular complexity index is 906. The van der Waals surface area contributed by atoms with Crippen LogP contribution in [0.5, 0.6) is 0 Å². The molecule has 0 saturated heterocycles. The van der Waals surface area contributed by atoms with Crippen LogP contribution in [0, 0.1) is 0 Å². The lowest BCUT2D eigenvalue weighted by Gasteiger charge is -2.14. The van der Waals surface area contributed by atoms with Crippen molar-refractivity contribution in [3.05, 3.63) is 82.4 Å². The lowest BCUT2D eigenvalue weighted by molar-refractivity contribution is -0.140. The molecule has 3 aromatic rings. The Morgan fingerprint density at radius 1 is 1.08 bits per heavy atom. The Labute approximate surface area is 152 Å². The molecule has 7 heteroatoms. The van der Waals surface area contributed by atoms with Gasteiger partial charge in [-0.25, -0.2) is 4.98 Å². The van der Waals surface area contributed by atoms with Gasteiger partial charge in [-0.2, -0.15) is 13.2 Å². The van der Waals surface area contributed by atoms with Gasteiger partial charge in [-0.1, -0.05) is 48.5 Å². The van der Waals surface area contributed by atoms with Crippen molar-refractivity contribution in [2.24, 2.45) is 0 Å². The minimum absolute atomic E-state index is 0.103. The topological polar surface area (TPSA) is 42.0 Å². The van der Waals surface area contributed by atoms with Crippen LogP contribution in [-0.4, -0.2) is 10.8 Å². The van der Waals surface area contributed by atoms with Crippen molar-refractivity contribution in [2.45, 2.75) is 19.1 Å². The first-order valence-corrected chi connectivity index (χ1v) is 8.71. The fraction of sp³-hybridized carbons (Fsp3) is 0.158. The molecule has 1 unspecified atom stereocenters. The number of aromatic nitrogens is 1. The van der Waals surface area contributed by atoms with Gasteiger partial charge in [-0.05, 0) is 18.6 Å². The van der Waals surface area contributed by atoms with Crippen molar-refractivity contribution in [2.75, 3.05) is 5.32 Å². The number of hydrogen-bond acceptors (Lipinski definition) is 4. The van der Waals surface area contributed by atoms with Crippen molar-refractivity contribution in [3.8, 4) is 0 Å². The highest BCUT2D eigenvalue weighted by molar-refractivity contribution is 7.13. The van der Waals surface area contributed by atoms with Gasteiger partial charge < -0.3 is 5.32 Å². The maximum atomic E-state index is 12.6.